The highest BCUT2D eigenvalue weighted by molar-refractivity contribution is 5.69. The van der Waals surface area contributed by atoms with Crippen LogP contribution in [0.5, 0.6) is 11.5 Å². The molecule has 10 atom stereocenters. The minimum Gasteiger partial charge on any atom is -0.497 e. The van der Waals surface area contributed by atoms with Crippen LogP contribution < -0.4 is 9.47 Å². The van der Waals surface area contributed by atoms with Crippen molar-refractivity contribution in [1.82, 2.24) is 0 Å². The van der Waals surface area contributed by atoms with E-state index in [1.54, 1.807) is 12.1 Å². The maximum absolute atomic E-state index is 12.6. The Morgan fingerprint density at radius 1 is 0.481 bits per heavy atom. The Hall–Kier alpha value is -5.01. The Morgan fingerprint density at radius 2 is 0.846 bits per heavy atom. The first-order chi connectivity index (χ1) is 24.5. The Labute approximate surface area is 298 Å². The fourth-order valence-electron chi connectivity index (χ4n) is 5.36. The van der Waals surface area contributed by atoms with Crippen molar-refractivity contribution >= 4 is 41.8 Å². The van der Waals surface area contributed by atoms with Crippen LogP contribution in [-0.4, -0.2) is 124 Å². The SMILES string of the molecule is COc1ccc(OC2OC(COC(C)=O)C(OC3OC(COC(C)=O)C(OC(C)=O)C(OC(C)=O)C3OC(C)=O)C(OC(C)=O)C2OC(C)=O)cc1. The smallest absolute Gasteiger partial charge is 0.303 e. The molecule has 0 spiro atoms. The van der Waals surface area contributed by atoms with Crippen LogP contribution in [-0.2, 0) is 80.9 Å². The van der Waals surface area contributed by atoms with Crippen molar-refractivity contribution in [3.63, 3.8) is 0 Å². The summed E-state index contributed by atoms with van der Waals surface area (Å²) in [6.07, 6.45) is -15.7. The monoisotopic (exact) mass is 742 g/mol. The number of carbonyl (C=O) groups is 7. The van der Waals surface area contributed by atoms with Gasteiger partial charge in [0.2, 0.25) is 12.4 Å². The van der Waals surface area contributed by atoms with Crippen molar-refractivity contribution < 1.29 is 90.4 Å². The molecule has 2 aliphatic heterocycles. The fraction of sp³-hybridized carbons (Fsp3) is 0.606. The Kier molecular flexibility index (Phi) is 15.1. The lowest BCUT2D eigenvalue weighted by atomic mass is 9.96. The van der Waals surface area contributed by atoms with Crippen LogP contribution in [0.3, 0.4) is 0 Å². The average Bonchev–Trinajstić information content (AvgIpc) is 3.03. The number of ether oxygens (including phenoxy) is 12. The molecule has 19 heteroatoms. The van der Waals surface area contributed by atoms with E-state index in [0.29, 0.717) is 5.75 Å². The minimum absolute atomic E-state index is 0.203. The van der Waals surface area contributed by atoms with Crippen molar-refractivity contribution in [2.75, 3.05) is 20.3 Å². The van der Waals surface area contributed by atoms with Crippen molar-refractivity contribution in [2.24, 2.45) is 0 Å². The molecule has 0 amide bonds. The molecule has 0 radical (unpaired) electrons. The van der Waals surface area contributed by atoms with Gasteiger partial charge in [-0.2, -0.15) is 0 Å². The summed E-state index contributed by atoms with van der Waals surface area (Å²) in [5.74, 6) is -5.20. The predicted octanol–water partition coefficient (Wildman–Crippen LogP) is 0.694. The van der Waals surface area contributed by atoms with E-state index >= 15 is 0 Å². The molecule has 1 aromatic rings. The van der Waals surface area contributed by atoms with E-state index < -0.39 is 116 Å². The standard InChI is InChI=1S/C33H42O19/c1-15(34)42-13-24-26(44-17(3)36)28(45-18(4)37)31(48-21(7)40)33(51-24)52-27-25(14-43-16(2)35)50-32(49-23-11-9-22(41-8)10-12-23)30(47-20(6)39)29(27)46-19(5)38/h9-12,24-33H,13-14H2,1-8H3. The highest BCUT2D eigenvalue weighted by Gasteiger charge is 2.58. The van der Waals surface area contributed by atoms with Crippen LogP contribution in [0.1, 0.15) is 48.5 Å². The Bertz CT molecular complexity index is 1440. The third kappa shape index (κ3) is 12.1. The van der Waals surface area contributed by atoms with Crippen molar-refractivity contribution in [3.05, 3.63) is 24.3 Å². The number of hydrogen-bond donors (Lipinski definition) is 0. The zero-order valence-electron chi connectivity index (χ0n) is 29.8. The molecule has 0 saturated carbocycles. The van der Waals surface area contributed by atoms with Gasteiger partial charge in [-0.3, -0.25) is 33.6 Å². The summed E-state index contributed by atoms with van der Waals surface area (Å²) in [6, 6.07) is 6.20. The molecule has 0 aromatic heterocycles. The summed E-state index contributed by atoms with van der Waals surface area (Å²) < 4.78 is 67.6. The summed E-state index contributed by atoms with van der Waals surface area (Å²) >= 11 is 0. The molecule has 19 nitrogen and oxygen atoms in total. The molecule has 2 aliphatic rings. The lowest BCUT2D eigenvalue weighted by Gasteiger charge is -2.48. The topological polar surface area (TPSA) is 230 Å². The van der Waals surface area contributed by atoms with Crippen molar-refractivity contribution in [3.8, 4) is 11.5 Å². The largest absolute Gasteiger partial charge is 0.497 e. The zero-order chi connectivity index (χ0) is 38.7. The third-order valence-corrected chi connectivity index (χ3v) is 7.20. The minimum atomic E-state index is -1.80. The maximum atomic E-state index is 12.6. The summed E-state index contributed by atoms with van der Waals surface area (Å²) in [7, 11) is 1.46. The quantitative estimate of drug-likeness (QED) is 0.189. The fourth-order valence-corrected chi connectivity index (χ4v) is 5.36. The Morgan fingerprint density at radius 3 is 1.29 bits per heavy atom. The van der Waals surface area contributed by atoms with Gasteiger partial charge in [0.05, 0.1) is 7.11 Å². The number of methoxy groups -OCH3 is 1. The molecule has 0 aliphatic carbocycles. The first-order valence-electron chi connectivity index (χ1n) is 15.9. The first-order valence-corrected chi connectivity index (χ1v) is 15.9. The Balaban J connectivity index is 2.16. The van der Waals surface area contributed by atoms with E-state index in [0.717, 1.165) is 48.5 Å². The van der Waals surface area contributed by atoms with Crippen LogP contribution in [0.2, 0.25) is 0 Å². The van der Waals surface area contributed by atoms with Gasteiger partial charge < -0.3 is 56.8 Å². The van der Waals surface area contributed by atoms with E-state index in [1.807, 2.05) is 0 Å². The summed E-state index contributed by atoms with van der Waals surface area (Å²) in [4.78, 5) is 85.6. The van der Waals surface area contributed by atoms with Crippen LogP contribution >= 0.6 is 0 Å². The van der Waals surface area contributed by atoms with Crippen LogP contribution in [0.25, 0.3) is 0 Å². The number of hydrogen-bond acceptors (Lipinski definition) is 19. The average molecular weight is 743 g/mol. The second kappa shape index (κ2) is 19.0. The highest BCUT2D eigenvalue weighted by Crippen LogP contribution is 2.36. The van der Waals surface area contributed by atoms with Gasteiger partial charge in [0.25, 0.3) is 0 Å². The number of esters is 7. The van der Waals surface area contributed by atoms with Crippen molar-refractivity contribution in [2.45, 2.75) is 110 Å². The summed E-state index contributed by atoms with van der Waals surface area (Å²) in [6.45, 7) is 6.35. The van der Waals surface area contributed by atoms with Gasteiger partial charge in [-0.15, -0.1) is 0 Å². The highest BCUT2D eigenvalue weighted by atomic mass is 16.8. The molecule has 3 rings (SSSR count). The molecule has 10 unspecified atom stereocenters. The lowest BCUT2D eigenvalue weighted by molar-refractivity contribution is -0.354. The molecule has 2 saturated heterocycles. The molecule has 2 fully saturated rings. The molecular weight excluding hydrogens is 700 g/mol. The molecule has 52 heavy (non-hydrogen) atoms. The summed E-state index contributed by atoms with van der Waals surface area (Å²) in [5.41, 5.74) is 0. The first kappa shape index (κ1) is 41.4. The molecule has 1 aromatic carbocycles. The van der Waals surface area contributed by atoms with Crippen LogP contribution in [0.15, 0.2) is 24.3 Å². The second-order valence-electron chi connectivity index (χ2n) is 11.5. The van der Waals surface area contributed by atoms with Gasteiger partial charge in [-0.05, 0) is 24.3 Å². The van der Waals surface area contributed by atoms with Gasteiger partial charge in [0.1, 0.15) is 43.0 Å². The van der Waals surface area contributed by atoms with Crippen molar-refractivity contribution in [1.29, 1.82) is 0 Å². The summed E-state index contributed by atoms with van der Waals surface area (Å²) in [5, 5.41) is 0. The molecule has 0 bridgehead atoms. The van der Waals surface area contributed by atoms with Crippen LogP contribution in [0.4, 0.5) is 0 Å². The number of rotatable bonds is 14. The van der Waals surface area contributed by atoms with Gasteiger partial charge in [-0.1, -0.05) is 0 Å². The third-order valence-electron chi connectivity index (χ3n) is 7.20. The van der Waals surface area contributed by atoms with Gasteiger partial charge >= 0.3 is 41.8 Å². The molecular formula is C33H42O19. The number of benzene rings is 1. The maximum Gasteiger partial charge on any atom is 0.303 e. The van der Waals surface area contributed by atoms with E-state index in [1.165, 1.54) is 19.2 Å². The van der Waals surface area contributed by atoms with Gasteiger partial charge in [0.15, 0.2) is 30.7 Å². The molecule has 0 N–H and O–H groups in total. The van der Waals surface area contributed by atoms with E-state index in [4.69, 9.17) is 56.8 Å². The molecule has 2 heterocycles. The van der Waals surface area contributed by atoms with Gasteiger partial charge in [0, 0.05) is 48.5 Å². The zero-order valence-corrected chi connectivity index (χ0v) is 29.8. The normalized spacial score (nSPS) is 28.2. The van der Waals surface area contributed by atoms with E-state index in [-0.39, 0.29) is 5.75 Å². The molecule has 288 valence electrons. The predicted molar refractivity (Wildman–Crippen MR) is 167 cm³/mol. The second-order valence-corrected chi connectivity index (χ2v) is 11.5. The van der Waals surface area contributed by atoms with Gasteiger partial charge in [-0.25, -0.2) is 0 Å². The van der Waals surface area contributed by atoms with E-state index in [2.05, 4.69) is 0 Å². The van der Waals surface area contributed by atoms with Crippen LogP contribution in [0, 0.1) is 0 Å². The number of carbonyl (C=O) groups excluding carboxylic acids is 7. The van der Waals surface area contributed by atoms with E-state index in [9.17, 15) is 33.6 Å². The lowest BCUT2D eigenvalue weighted by Crippen LogP contribution is -2.67.